The average molecular weight is 671 g/mol. The number of hydrogen-bond donors (Lipinski definition) is 0. The summed E-state index contributed by atoms with van der Waals surface area (Å²) in [5.41, 5.74) is 1.52. The molecule has 0 radical (unpaired) electrons. The maximum absolute atomic E-state index is 13.1. The highest BCUT2D eigenvalue weighted by atomic mass is 32.1. The predicted octanol–water partition coefficient (Wildman–Crippen LogP) is 4.03. The number of nitrogens with zero attached hydrogens (tertiary/aromatic N) is 4. The highest BCUT2D eigenvalue weighted by molar-refractivity contribution is 7.14. The molecule has 1 fully saturated rings. The van der Waals surface area contributed by atoms with Crippen LogP contribution in [0.5, 0.6) is 0 Å². The van der Waals surface area contributed by atoms with Crippen LogP contribution in [0.25, 0.3) is 29.1 Å². The molecular weight excluding hydrogens is 657 g/mol. The van der Waals surface area contributed by atoms with Crippen LogP contribution in [0.4, 0.5) is 0 Å². The lowest BCUT2D eigenvalue weighted by Gasteiger charge is -2.16. The summed E-state index contributed by atoms with van der Waals surface area (Å²) in [5, 5.41) is 36.5. The lowest BCUT2D eigenvalue weighted by atomic mass is 9.84. The Morgan fingerprint density at radius 1 is 0.717 bits per heavy atom. The third-order valence-electron chi connectivity index (χ3n) is 7.29. The Balaban J connectivity index is 1.18. The van der Waals surface area contributed by atoms with E-state index in [1.807, 2.05) is 72.8 Å². The van der Waals surface area contributed by atoms with E-state index in [0.717, 1.165) is 28.6 Å². The molecule has 4 aromatic heterocycles. The van der Waals surface area contributed by atoms with Crippen molar-refractivity contribution in [3.8, 4) is 24.3 Å². The summed E-state index contributed by atoms with van der Waals surface area (Å²) in [7, 11) is 0. The molecule has 0 spiro atoms. The molecule has 46 heavy (non-hydrogen) atoms. The van der Waals surface area contributed by atoms with Crippen molar-refractivity contribution >= 4 is 86.3 Å². The standard InChI is InChI=1S/C34H14N4O4S4/c35-13-17(14-36)27-5-1-19(43-27)9-21-3-7-29(45-21)31-23-11-26-24(12-25(23)33(39)41-31)32(42-34(26)40)30-8-4-22(46-30)10-20-2-6-28(44-20)18(15-37)16-38/h1-12,23,31H/b19-9+,20-10+. The largest absolute Gasteiger partial charge is 0.452 e. The second kappa shape index (κ2) is 11.7. The first-order valence-corrected chi connectivity index (χ1v) is 16.7. The SMILES string of the molecule is N#CC(C#N)=c1cc/c(=C\c2ccc(C3=C4C=C5C(=O)OC(c6ccc(/C=c7\ccc(=C(C#N)C#N)s7)s6)C5C=C4C(=O)O3)s2)s1. The Hall–Kier alpha value is -5.60. The number of esters is 2. The molecule has 0 bridgehead atoms. The van der Waals surface area contributed by atoms with E-state index in [-0.39, 0.29) is 11.1 Å². The van der Waals surface area contributed by atoms with Crippen molar-refractivity contribution in [3.05, 3.63) is 115 Å². The average Bonchev–Trinajstić information content (AvgIpc) is 3.91. The van der Waals surface area contributed by atoms with E-state index in [1.54, 1.807) is 24.3 Å². The van der Waals surface area contributed by atoms with E-state index in [0.29, 0.717) is 31.5 Å². The third-order valence-corrected chi connectivity index (χ3v) is 11.5. The smallest absolute Gasteiger partial charge is 0.344 e. The van der Waals surface area contributed by atoms with E-state index in [9.17, 15) is 9.59 Å². The quantitative estimate of drug-likeness (QED) is 0.296. The fourth-order valence-corrected chi connectivity index (χ4v) is 9.17. The molecule has 0 aromatic carbocycles. The van der Waals surface area contributed by atoms with Crippen LogP contribution in [0, 0.1) is 51.2 Å². The number of ether oxygens (including phenoxy) is 2. The minimum absolute atomic E-state index is 0.0642. The van der Waals surface area contributed by atoms with E-state index < -0.39 is 24.0 Å². The molecule has 0 N–H and O–H groups in total. The molecule has 4 aromatic rings. The number of carbonyl (C=O) groups is 2. The first-order valence-electron chi connectivity index (χ1n) is 13.4. The summed E-state index contributed by atoms with van der Waals surface area (Å²) < 4.78 is 14.5. The number of allylic oxidation sites excluding steroid dienone is 1. The summed E-state index contributed by atoms with van der Waals surface area (Å²) in [6.45, 7) is 0. The molecule has 1 saturated heterocycles. The number of fused-ring (bicyclic) bond motifs is 2. The summed E-state index contributed by atoms with van der Waals surface area (Å²) in [6.07, 6.45) is 6.75. The van der Waals surface area contributed by atoms with Gasteiger partial charge in [-0.2, -0.15) is 21.0 Å². The van der Waals surface area contributed by atoms with Crippen molar-refractivity contribution < 1.29 is 19.1 Å². The van der Waals surface area contributed by atoms with Gasteiger partial charge in [-0.25, -0.2) is 9.59 Å². The van der Waals surface area contributed by atoms with Gasteiger partial charge in [-0.15, -0.1) is 45.3 Å². The zero-order chi connectivity index (χ0) is 31.9. The van der Waals surface area contributed by atoms with Crippen molar-refractivity contribution in [2.75, 3.05) is 0 Å². The van der Waals surface area contributed by atoms with Gasteiger partial charge in [0.05, 0.1) is 25.4 Å². The summed E-state index contributed by atoms with van der Waals surface area (Å²) >= 11 is 5.56. The van der Waals surface area contributed by atoms with Crippen molar-refractivity contribution in [1.29, 1.82) is 21.0 Å². The zero-order valence-electron chi connectivity index (χ0n) is 23.1. The monoisotopic (exact) mass is 670 g/mol. The second-order valence-electron chi connectivity index (χ2n) is 10.00. The molecule has 7 rings (SSSR count). The molecule has 2 atom stereocenters. The molecule has 6 heterocycles. The van der Waals surface area contributed by atoms with Gasteiger partial charge in [0, 0.05) is 34.8 Å². The van der Waals surface area contributed by atoms with Gasteiger partial charge in [0.1, 0.15) is 41.5 Å². The van der Waals surface area contributed by atoms with Gasteiger partial charge < -0.3 is 9.47 Å². The van der Waals surface area contributed by atoms with Crippen molar-refractivity contribution in [2.45, 2.75) is 6.10 Å². The fraction of sp³-hybridized carbons (Fsp3) is 0.0588. The third kappa shape index (κ3) is 5.12. The maximum atomic E-state index is 13.1. The Bertz CT molecular complexity index is 2510. The van der Waals surface area contributed by atoms with Crippen LogP contribution in [-0.2, 0) is 19.1 Å². The molecule has 1 aliphatic carbocycles. The van der Waals surface area contributed by atoms with Gasteiger partial charge in [0.15, 0.2) is 5.76 Å². The Labute approximate surface area is 276 Å². The zero-order valence-corrected chi connectivity index (χ0v) is 26.4. The first kappa shape index (κ1) is 29.1. The highest BCUT2D eigenvalue weighted by Gasteiger charge is 2.45. The highest BCUT2D eigenvalue weighted by Crippen LogP contribution is 2.49. The van der Waals surface area contributed by atoms with Gasteiger partial charge in [-0.05, 0) is 66.8 Å². The minimum atomic E-state index is -0.591. The molecule has 2 aliphatic heterocycles. The Morgan fingerprint density at radius 2 is 1.33 bits per heavy atom. The van der Waals surface area contributed by atoms with E-state index >= 15 is 0 Å². The van der Waals surface area contributed by atoms with Crippen molar-refractivity contribution in [2.24, 2.45) is 5.92 Å². The maximum Gasteiger partial charge on any atom is 0.344 e. The Kier molecular flexibility index (Phi) is 7.42. The van der Waals surface area contributed by atoms with Crippen LogP contribution in [0.15, 0.2) is 77.4 Å². The van der Waals surface area contributed by atoms with Crippen molar-refractivity contribution in [3.63, 3.8) is 0 Å². The number of thiophene rings is 4. The minimum Gasteiger partial charge on any atom is -0.452 e. The predicted molar refractivity (Wildman–Crippen MR) is 174 cm³/mol. The number of carbonyl (C=O) groups excluding carboxylic acids is 2. The number of rotatable bonds is 4. The first-order chi connectivity index (χ1) is 22.4. The van der Waals surface area contributed by atoms with Gasteiger partial charge >= 0.3 is 11.9 Å². The molecule has 8 nitrogen and oxygen atoms in total. The second-order valence-corrected chi connectivity index (χ2v) is 14.5. The van der Waals surface area contributed by atoms with Gasteiger partial charge in [0.2, 0.25) is 0 Å². The Morgan fingerprint density at radius 3 is 1.96 bits per heavy atom. The van der Waals surface area contributed by atoms with E-state index in [1.165, 1.54) is 45.3 Å². The molecule has 218 valence electrons. The molecule has 12 heteroatoms. The summed E-state index contributed by atoms with van der Waals surface area (Å²) in [4.78, 5) is 29.4. The van der Waals surface area contributed by atoms with Crippen LogP contribution < -0.4 is 18.1 Å². The number of nitriles is 4. The molecule has 0 saturated carbocycles. The van der Waals surface area contributed by atoms with Gasteiger partial charge in [-0.1, -0.05) is 6.08 Å². The molecule has 3 aliphatic rings. The van der Waals surface area contributed by atoms with Crippen molar-refractivity contribution in [1.82, 2.24) is 0 Å². The van der Waals surface area contributed by atoms with Crippen LogP contribution >= 0.6 is 45.3 Å². The fourth-order valence-electron chi connectivity index (χ4n) is 5.21. The van der Waals surface area contributed by atoms with E-state index in [4.69, 9.17) is 30.5 Å². The number of hydrogen-bond acceptors (Lipinski definition) is 12. The lowest BCUT2D eigenvalue weighted by Crippen LogP contribution is -2.12. The van der Waals surface area contributed by atoms with Crippen LogP contribution in [0.3, 0.4) is 0 Å². The summed E-state index contributed by atoms with van der Waals surface area (Å²) in [5.74, 6) is -1.01. The van der Waals surface area contributed by atoms with Gasteiger partial charge in [0.25, 0.3) is 0 Å². The molecule has 2 unspecified atom stereocenters. The van der Waals surface area contributed by atoms with Crippen LogP contribution in [0.2, 0.25) is 0 Å². The molecule has 0 amide bonds. The van der Waals surface area contributed by atoms with Gasteiger partial charge in [-0.3, -0.25) is 0 Å². The van der Waals surface area contributed by atoms with Crippen LogP contribution in [0.1, 0.15) is 25.6 Å². The summed E-state index contributed by atoms with van der Waals surface area (Å²) in [6, 6.07) is 22.4. The molecular formula is C34H14N4O4S4. The topological polar surface area (TPSA) is 148 Å². The number of cyclic esters (lactones) is 2. The normalized spacial score (nSPS) is 18.8. The lowest BCUT2D eigenvalue weighted by molar-refractivity contribution is -0.139. The van der Waals surface area contributed by atoms with E-state index in [2.05, 4.69) is 0 Å². The van der Waals surface area contributed by atoms with Crippen LogP contribution in [-0.4, -0.2) is 11.9 Å².